The topological polar surface area (TPSA) is 12.0 Å². The Labute approximate surface area is 100.0 Å². The van der Waals surface area contributed by atoms with Crippen LogP contribution in [-0.4, -0.2) is 13.1 Å². The van der Waals surface area contributed by atoms with Crippen LogP contribution in [0.15, 0.2) is 24.3 Å². The van der Waals surface area contributed by atoms with Crippen molar-refractivity contribution in [2.24, 2.45) is 11.8 Å². The second kappa shape index (κ2) is 3.71. The van der Waals surface area contributed by atoms with Crippen LogP contribution in [0.4, 0.5) is 4.39 Å². The maximum absolute atomic E-state index is 14.8. The van der Waals surface area contributed by atoms with Gasteiger partial charge in [0.15, 0.2) is 0 Å². The summed E-state index contributed by atoms with van der Waals surface area (Å²) >= 11 is 5.83. The highest BCUT2D eigenvalue weighted by atomic mass is 35.5. The molecule has 1 saturated heterocycles. The quantitative estimate of drug-likeness (QED) is 0.794. The molecule has 1 nitrogen and oxygen atoms in total. The molecular formula is C13H15ClFN. The van der Waals surface area contributed by atoms with Crippen molar-refractivity contribution in [1.29, 1.82) is 0 Å². The standard InChI is InChI=1S/C13H15ClFN/c14-12-3-1-11(2-4-12)13(15)5-9-7-16-8-10(9)6-13/h1-4,9-10,16H,5-8H2. The molecule has 16 heavy (non-hydrogen) atoms. The molecule has 2 aliphatic rings. The molecule has 2 atom stereocenters. The van der Waals surface area contributed by atoms with E-state index in [1.165, 1.54) is 0 Å². The normalized spacial score (nSPS) is 37.6. The number of benzene rings is 1. The molecule has 2 fully saturated rings. The van der Waals surface area contributed by atoms with E-state index in [1.54, 1.807) is 12.1 Å². The molecule has 0 radical (unpaired) electrons. The van der Waals surface area contributed by atoms with Gasteiger partial charge in [-0.2, -0.15) is 0 Å². The van der Waals surface area contributed by atoms with E-state index in [9.17, 15) is 4.39 Å². The third kappa shape index (κ3) is 1.64. The third-order valence-corrected chi connectivity index (χ3v) is 4.26. The summed E-state index contributed by atoms with van der Waals surface area (Å²) in [6.07, 6.45) is 1.32. The summed E-state index contributed by atoms with van der Waals surface area (Å²) in [5.74, 6) is 1.03. The fourth-order valence-electron chi connectivity index (χ4n) is 3.16. The van der Waals surface area contributed by atoms with Crippen molar-refractivity contribution in [3.63, 3.8) is 0 Å². The van der Waals surface area contributed by atoms with E-state index in [1.807, 2.05) is 12.1 Å². The van der Waals surface area contributed by atoms with Gasteiger partial charge in [-0.15, -0.1) is 0 Å². The lowest BCUT2D eigenvalue weighted by Crippen LogP contribution is -2.21. The average molecular weight is 240 g/mol. The van der Waals surface area contributed by atoms with Gasteiger partial charge in [0.1, 0.15) is 5.67 Å². The van der Waals surface area contributed by atoms with Crippen molar-refractivity contribution < 1.29 is 4.39 Å². The van der Waals surface area contributed by atoms with E-state index in [0.29, 0.717) is 29.7 Å². The molecule has 0 spiro atoms. The van der Waals surface area contributed by atoms with Crippen molar-refractivity contribution in [3.8, 4) is 0 Å². The maximum Gasteiger partial charge on any atom is 0.136 e. The van der Waals surface area contributed by atoms with Crippen LogP contribution in [0.5, 0.6) is 0 Å². The Balaban J connectivity index is 1.86. The molecule has 1 aromatic rings. The van der Waals surface area contributed by atoms with Gasteiger partial charge in [0.05, 0.1) is 0 Å². The van der Waals surface area contributed by atoms with E-state index in [4.69, 9.17) is 11.6 Å². The number of fused-ring (bicyclic) bond motifs is 1. The van der Waals surface area contributed by atoms with E-state index >= 15 is 0 Å². The molecule has 3 heteroatoms. The van der Waals surface area contributed by atoms with Gasteiger partial charge in [0, 0.05) is 5.02 Å². The number of halogens is 2. The fraction of sp³-hybridized carbons (Fsp3) is 0.538. The predicted octanol–water partition coefficient (Wildman–Crippen LogP) is 3.13. The van der Waals surface area contributed by atoms with Crippen LogP contribution < -0.4 is 5.32 Å². The Morgan fingerprint density at radius 1 is 1.12 bits per heavy atom. The van der Waals surface area contributed by atoms with Crippen molar-refractivity contribution in [2.45, 2.75) is 18.5 Å². The molecule has 1 aliphatic carbocycles. The SMILES string of the molecule is FC1(c2ccc(Cl)cc2)CC2CNCC2C1. The largest absolute Gasteiger partial charge is 0.316 e. The van der Waals surface area contributed by atoms with Crippen LogP contribution in [-0.2, 0) is 5.67 Å². The highest BCUT2D eigenvalue weighted by Gasteiger charge is 2.48. The van der Waals surface area contributed by atoms with Crippen LogP contribution in [0, 0.1) is 11.8 Å². The first kappa shape index (κ1) is 10.5. The second-order valence-electron chi connectivity index (χ2n) is 5.06. The minimum absolute atomic E-state index is 0.515. The Bertz CT molecular complexity index is 377. The third-order valence-electron chi connectivity index (χ3n) is 4.01. The summed E-state index contributed by atoms with van der Waals surface area (Å²) in [7, 11) is 0. The fourth-order valence-corrected chi connectivity index (χ4v) is 3.29. The van der Waals surface area contributed by atoms with Gasteiger partial charge in [0.2, 0.25) is 0 Å². The molecular weight excluding hydrogens is 225 g/mol. The zero-order valence-corrected chi connectivity index (χ0v) is 9.80. The molecule has 1 heterocycles. The number of hydrogen-bond donors (Lipinski definition) is 1. The minimum atomic E-state index is -1.12. The summed E-state index contributed by atoms with van der Waals surface area (Å²) in [6.45, 7) is 1.95. The van der Waals surface area contributed by atoms with Crippen molar-refractivity contribution in [1.82, 2.24) is 5.32 Å². The molecule has 1 saturated carbocycles. The smallest absolute Gasteiger partial charge is 0.136 e. The van der Waals surface area contributed by atoms with E-state index in [2.05, 4.69) is 5.32 Å². The highest BCUT2D eigenvalue weighted by Crippen LogP contribution is 2.49. The summed E-state index contributed by atoms with van der Waals surface area (Å²) < 4.78 is 14.8. The molecule has 1 aliphatic heterocycles. The monoisotopic (exact) mass is 239 g/mol. The summed E-state index contributed by atoms with van der Waals surface area (Å²) in [6, 6.07) is 7.22. The summed E-state index contributed by atoms with van der Waals surface area (Å²) in [5, 5.41) is 4.01. The van der Waals surface area contributed by atoms with Gasteiger partial charge >= 0.3 is 0 Å². The molecule has 1 aromatic carbocycles. The lowest BCUT2D eigenvalue weighted by molar-refractivity contribution is 0.161. The van der Waals surface area contributed by atoms with Gasteiger partial charge in [-0.3, -0.25) is 0 Å². The summed E-state index contributed by atoms with van der Waals surface area (Å²) in [5.41, 5.74) is -0.325. The minimum Gasteiger partial charge on any atom is -0.316 e. The number of alkyl halides is 1. The Kier molecular flexibility index (Phi) is 2.45. The first-order chi connectivity index (χ1) is 7.67. The lowest BCUT2D eigenvalue weighted by Gasteiger charge is -2.21. The van der Waals surface area contributed by atoms with Crippen LogP contribution in [0.2, 0.25) is 5.02 Å². The molecule has 0 amide bonds. The molecule has 86 valence electrons. The van der Waals surface area contributed by atoms with Gasteiger partial charge in [0.25, 0.3) is 0 Å². The van der Waals surface area contributed by atoms with Crippen LogP contribution in [0.1, 0.15) is 18.4 Å². The van der Waals surface area contributed by atoms with E-state index in [0.717, 1.165) is 18.7 Å². The van der Waals surface area contributed by atoms with Crippen molar-refractivity contribution in [2.75, 3.05) is 13.1 Å². The number of hydrogen-bond acceptors (Lipinski definition) is 1. The molecule has 3 rings (SSSR count). The maximum atomic E-state index is 14.8. The van der Waals surface area contributed by atoms with E-state index in [-0.39, 0.29) is 0 Å². The second-order valence-corrected chi connectivity index (χ2v) is 5.50. The predicted molar refractivity (Wildman–Crippen MR) is 63.3 cm³/mol. The Morgan fingerprint density at radius 3 is 2.25 bits per heavy atom. The van der Waals surface area contributed by atoms with Crippen LogP contribution in [0.3, 0.4) is 0 Å². The average Bonchev–Trinajstić information content (AvgIpc) is 2.77. The van der Waals surface area contributed by atoms with Crippen molar-refractivity contribution >= 4 is 11.6 Å². The zero-order valence-electron chi connectivity index (χ0n) is 9.05. The number of nitrogens with one attached hydrogen (secondary N) is 1. The van der Waals surface area contributed by atoms with Gasteiger partial charge in [-0.1, -0.05) is 23.7 Å². The van der Waals surface area contributed by atoms with Crippen molar-refractivity contribution in [3.05, 3.63) is 34.9 Å². The van der Waals surface area contributed by atoms with Gasteiger partial charge in [-0.05, 0) is 55.5 Å². The van der Waals surface area contributed by atoms with E-state index < -0.39 is 5.67 Å². The molecule has 1 N–H and O–H groups in total. The lowest BCUT2D eigenvalue weighted by atomic mass is 9.92. The van der Waals surface area contributed by atoms with Gasteiger partial charge < -0.3 is 5.32 Å². The zero-order chi connectivity index (χ0) is 11.2. The van der Waals surface area contributed by atoms with Crippen LogP contribution >= 0.6 is 11.6 Å². The van der Waals surface area contributed by atoms with Gasteiger partial charge in [-0.25, -0.2) is 4.39 Å². The first-order valence-electron chi connectivity index (χ1n) is 5.83. The number of rotatable bonds is 1. The van der Waals surface area contributed by atoms with Crippen LogP contribution in [0.25, 0.3) is 0 Å². The Morgan fingerprint density at radius 2 is 1.69 bits per heavy atom. The summed E-state index contributed by atoms with van der Waals surface area (Å²) in [4.78, 5) is 0. The molecule has 2 unspecified atom stereocenters. The molecule has 0 bridgehead atoms. The highest BCUT2D eigenvalue weighted by molar-refractivity contribution is 6.30. The Hall–Kier alpha value is -0.600. The first-order valence-corrected chi connectivity index (χ1v) is 6.21. The molecule has 0 aromatic heterocycles.